The van der Waals surface area contributed by atoms with Crippen molar-refractivity contribution in [2.24, 2.45) is 5.14 Å². The van der Waals surface area contributed by atoms with Crippen molar-refractivity contribution >= 4 is 33.0 Å². The van der Waals surface area contributed by atoms with Crippen molar-refractivity contribution in [3.05, 3.63) is 70.2 Å². The highest BCUT2D eigenvalue weighted by atomic mass is 32.2. The molecule has 1 aromatic heterocycles. The number of hydrogen-bond donors (Lipinski definition) is 2. The number of aromatic nitrogens is 1. The summed E-state index contributed by atoms with van der Waals surface area (Å²) in [7, 11) is -3.88. The van der Waals surface area contributed by atoms with Crippen LogP contribution in [0.25, 0.3) is 0 Å². The van der Waals surface area contributed by atoms with E-state index >= 15 is 0 Å². The Bertz CT molecular complexity index is 1080. The molecule has 0 atom stereocenters. The predicted molar refractivity (Wildman–Crippen MR) is 108 cm³/mol. The number of rotatable bonds is 7. The van der Waals surface area contributed by atoms with Gasteiger partial charge in [-0.05, 0) is 42.3 Å². The lowest BCUT2D eigenvalue weighted by Crippen LogP contribution is -2.16. The van der Waals surface area contributed by atoms with Crippen molar-refractivity contribution < 1.29 is 17.9 Å². The van der Waals surface area contributed by atoms with Crippen molar-refractivity contribution in [2.45, 2.75) is 24.8 Å². The third-order valence-corrected chi connectivity index (χ3v) is 5.61. The first-order chi connectivity index (χ1) is 13.4. The van der Waals surface area contributed by atoms with Crippen molar-refractivity contribution in [1.82, 2.24) is 4.98 Å². The summed E-state index contributed by atoms with van der Waals surface area (Å²) < 4.78 is 29.2. The average molecular weight is 418 g/mol. The van der Waals surface area contributed by atoms with E-state index in [1.54, 1.807) is 41.9 Å². The number of carbonyl (C=O) groups excluding carboxylic acids is 1. The van der Waals surface area contributed by atoms with Gasteiger partial charge in [-0.1, -0.05) is 19.1 Å². The minimum atomic E-state index is -3.88. The number of primary sulfonamides is 1. The Morgan fingerprint density at radius 2 is 2.07 bits per heavy atom. The van der Waals surface area contributed by atoms with Crippen LogP contribution in [0, 0.1) is 0 Å². The minimum absolute atomic E-state index is 0.00754. The second kappa shape index (κ2) is 8.51. The third-order valence-electron chi connectivity index (χ3n) is 3.98. The Kier molecular flexibility index (Phi) is 6.08. The van der Waals surface area contributed by atoms with Crippen LogP contribution >= 0.6 is 11.3 Å². The lowest BCUT2D eigenvalue weighted by Gasteiger charge is -2.11. The highest BCUT2D eigenvalue weighted by Crippen LogP contribution is 2.22. The van der Waals surface area contributed by atoms with Crippen LogP contribution in [0.15, 0.2) is 58.3 Å². The van der Waals surface area contributed by atoms with Crippen LogP contribution in [0.2, 0.25) is 0 Å². The molecule has 146 valence electrons. The molecule has 3 N–H and O–H groups in total. The van der Waals surface area contributed by atoms with Gasteiger partial charge in [0, 0.05) is 16.6 Å². The molecule has 7 nitrogen and oxygen atoms in total. The number of nitrogens with zero attached hydrogens (tertiary/aromatic N) is 1. The summed E-state index contributed by atoms with van der Waals surface area (Å²) in [6.45, 7) is 2.14. The van der Waals surface area contributed by atoms with Crippen molar-refractivity contribution in [3.8, 4) is 5.75 Å². The van der Waals surface area contributed by atoms with E-state index < -0.39 is 10.0 Å². The van der Waals surface area contributed by atoms with E-state index in [4.69, 9.17) is 9.88 Å². The molecule has 0 fully saturated rings. The van der Waals surface area contributed by atoms with E-state index in [2.05, 4.69) is 10.3 Å². The predicted octanol–water partition coefficient (Wildman–Crippen LogP) is 3.18. The number of aryl methyl sites for hydroxylation is 1. The lowest BCUT2D eigenvalue weighted by molar-refractivity contribution is 0.102. The maximum absolute atomic E-state index is 12.6. The van der Waals surface area contributed by atoms with Gasteiger partial charge in [0.2, 0.25) is 10.0 Å². The maximum Gasteiger partial charge on any atom is 0.255 e. The van der Waals surface area contributed by atoms with Crippen molar-refractivity contribution in [2.75, 3.05) is 5.32 Å². The molecule has 3 aromatic rings. The van der Waals surface area contributed by atoms with E-state index in [0.717, 1.165) is 5.69 Å². The summed E-state index contributed by atoms with van der Waals surface area (Å²) in [5.41, 5.74) is 3.86. The second-order valence-corrected chi connectivity index (χ2v) is 8.22. The topological polar surface area (TPSA) is 111 Å². The van der Waals surface area contributed by atoms with Crippen LogP contribution in [-0.4, -0.2) is 19.3 Å². The van der Waals surface area contributed by atoms with Gasteiger partial charge in [0.15, 0.2) is 0 Å². The number of amides is 1. The van der Waals surface area contributed by atoms with E-state index in [1.807, 2.05) is 12.3 Å². The third kappa shape index (κ3) is 4.94. The van der Waals surface area contributed by atoms with Gasteiger partial charge < -0.3 is 10.1 Å². The summed E-state index contributed by atoms with van der Waals surface area (Å²) in [4.78, 5) is 16.7. The van der Waals surface area contributed by atoms with Gasteiger partial charge in [0.1, 0.15) is 12.4 Å². The van der Waals surface area contributed by atoms with E-state index in [9.17, 15) is 13.2 Å². The van der Waals surface area contributed by atoms with E-state index in [1.165, 1.54) is 17.4 Å². The number of ether oxygens (including phenoxy) is 1. The van der Waals surface area contributed by atoms with Gasteiger partial charge >= 0.3 is 0 Å². The van der Waals surface area contributed by atoms with Crippen LogP contribution < -0.4 is 15.2 Å². The van der Waals surface area contributed by atoms with Crippen LogP contribution in [-0.2, 0) is 23.1 Å². The first kappa shape index (κ1) is 20.0. The average Bonchev–Trinajstić information content (AvgIpc) is 3.19. The number of nitrogens with two attached hydrogens (primary N) is 1. The summed E-state index contributed by atoms with van der Waals surface area (Å²) in [6, 6.07) is 11.4. The molecule has 1 amide bonds. The summed E-state index contributed by atoms with van der Waals surface area (Å²) in [5.74, 6) is 0.149. The molecule has 3 rings (SSSR count). The fourth-order valence-electron chi connectivity index (χ4n) is 2.59. The lowest BCUT2D eigenvalue weighted by atomic mass is 10.1. The van der Waals surface area contributed by atoms with Gasteiger partial charge in [-0.3, -0.25) is 4.79 Å². The molecule has 0 spiro atoms. The molecule has 0 aliphatic carbocycles. The molecule has 0 aliphatic rings. The Hall–Kier alpha value is -2.75. The zero-order chi connectivity index (χ0) is 20.1. The van der Waals surface area contributed by atoms with Crippen molar-refractivity contribution in [1.29, 1.82) is 0 Å². The molecule has 0 bridgehead atoms. The SMILES string of the molecule is CCc1ccc(NC(=O)c2cccc(OCc3cscn3)c2)cc1S(N)(=O)=O. The number of thiazole rings is 1. The Balaban J connectivity index is 1.75. The fourth-order valence-corrected chi connectivity index (χ4v) is 4.00. The number of benzene rings is 2. The van der Waals surface area contributed by atoms with Gasteiger partial charge in [-0.2, -0.15) is 0 Å². The van der Waals surface area contributed by atoms with E-state index in [0.29, 0.717) is 35.6 Å². The highest BCUT2D eigenvalue weighted by Gasteiger charge is 2.15. The molecule has 0 radical (unpaired) electrons. The summed E-state index contributed by atoms with van der Waals surface area (Å²) >= 11 is 1.48. The minimum Gasteiger partial charge on any atom is -0.487 e. The van der Waals surface area contributed by atoms with Crippen LogP contribution in [0.1, 0.15) is 28.5 Å². The van der Waals surface area contributed by atoms with Gasteiger partial charge in [-0.25, -0.2) is 18.5 Å². The molecule has 28 heavy (non-hydrogen) atoms. The van der Waals surface area contributed by atoms with Crippen LogP contribution in [0.5, 0.6) is 5.75 Å². The largest absolute Gasteiger partial charge is 0.487 e. The number of anilines is 1. The van der Waals surface area contributed by atoms with Crippen molar-refractivity contribution in [3.63, 3.8) is 0 Å². The quantitative estimate of drug-likeness (QED) is 0.613. The molecular formula is C19H19N3O4S2. The molecule has 1 heterocycles. The zero-order valence-corrected chi connectivity index (χ0v) is 16.7. The molecule has 9 heteroatoms. The summed E-state index contributed by atoms with van der Waals surface area (Å²) in [6.07, 6.45) is 0.512. The van der Waals surface area contributed by atoms with Crippen LogP contribution in [0.3, 0.4) is 0 Å². The highest BCUT2D eigenvalue weighted by molar-refractivity contribution is 7.89. The number of nitrogens with one attached hydrogen (secondary N) is 1. The second-order valence-electron chi connectivity index (χ2n) is 5.97. The zero-order valence-electron chi connectivity index (χ0n) is 15.1. The monoisotopic (exact) mass is 417 g/mol. The Morgan fingerprint density at radius 3 is 2.75 bits per heavy atom. The van der Waals surface area contributed by atoms with Gasteiger partial charge in [-0.15, -0.1) is 11.3 Å². The maximum atomic E-state index is 12.6. The Labute approximate surface area is 167 Å². The first-order valence-electron chi connectivity index (χ1n) is 8.44. The number of carbonyl (C=O) groups is 1. The molecule has 2 aromatic carbocycles. The summed E-state index contributed by atoms with van der Waals surface area (Å²) in [5, 5.41) is 9.86. The first-order valence-corrected chi connectivity index (χ1v) is 10.9. The number of hydrogen-bond acceptors (Lipinski definition) is 6. The molecule has 0 saturated carbocycles. The Morgan fingerprint density at radius 1 is 1.25 bits per heavy atom. The molecule has 0 saturated heterocycles. The molecular weight excluding hydrogens is 398 g/mol. The molecule has 0 aliphatic heterocycles. The van der Waals surface area contributed by atoms with E-state index in [-0.39, 0.29) is 10.8 Å². The fraction of sp³-hybridized carbons (Fsp3) is 0.158. The smallest absolute Gasteiger partial charge is 0.255 e. The normalized spacial score (nSPS) is 11.2. The van der Waals surface area contributed by atoms with Gasteiger partial charge in [0.25, 0.3) is 5.91 Å². The standard InChI is InChI=1S/C19H19N3O4S2/c1-2-13-6-7-15(9-18(13)28(20,24)25)22-19(23)14-4-3-5-17(8-14)26-10-16-11-27-12-21-16/h3-9,11-12H,2,10H2,1H3,(H,22,23)(H2,20,24,25). The number of sulfonamides is 1. The molecule has 0 unspecified atom stereocenters. The van der Waals surface area contributed by atoms with Crippen LogP contribution in [0.4, 0.5) is 5.69 Å². The van der Waals surface area contributed by atoms with Gasteiger partial charge in [0.05, 0.1) is 16.1 Å².